The first-order valence-electron chi connectivity index (χ1n) is 7.61. The highest BCUT2D eigenvalue weighted by atomic mass is 16.6. The van der Waals surface area contributed by atoms with Crippen molar-refractivity contribution in [3.63, 3.8) is 0 Å². The number of likely N-dealkylation sites (tertiary alicyclic amines) is 1. The van der Waals surface area contributed by atoms with Gasteiger partial charge in [-0.2, -0.15) is 0 Å². The predicted octanol–water partition coefficient (Wildman–Crippen LogP) is 3.02. The Morgan fingerprint density at radius 2 is 2.11 bits per heavy atom. The van der Waals surface area contributed by atoms with Gasteiger partial charge in [-0.05, 0) is 52.6 Å². The zero-order valence-corrected chi connectivity index (χ0v) is 13.0. The molecule has 4 nitrogen and oxygen atoms in total. The van der Waals surface area contributed by atoms with Gasteiger partial charge < -0.3 is 15.0 Å². The standard InChI is InChI=1S/C15H30N2O2/c1-5-6-7-9-16-11-13-8-10-17(12-13)14(18)19-15(2,3)4/h13,16H,5-12H2,1-4H3. The molecule has 1 unspecified atom stereocenters. The molecular weight excluding hydrogens is 240 g/mol. The molecule has 1 heterocycles. The normalized spacial score (nSPS) is 19.8. The minimum absolute atomic E-state index is 0.166. The minimum Gasteiger partial charge on any atom is -0.444 e. The van der Waals surface area contributed by atoms with Crippen molar-refractivity contribution in [1.82, 2.24) is 10.2 Å². The van der Waals surface area contributed by atoms with Gasteiger partial charge in [0, 0.05) is 13.1 Å². The van der Waals surface area contributed by atoms with E-state index in [0.29, 0.717) is 5.92 Å². The average molecular weight is 270 g/mol. The summed E-state index contributed by atoms with van der Waals surface area (Å²) >= 11 is 0. The topological polar surface area (TPSA) is 41.6 Å². The van der Waals surface area contributed by atoms with E-state index in [0.717, 1.165) is 32.6 Å². The molecule has 19 heavy (non-hydrogen) atoms. The van der Waals surface area contributed by atoms with Crippen LogP contribution >= 0.6 is 0 Å². The first-order chi connectivity index (χ1) is 8.92. The molecule has 0 radical (unpaired) electrons. The van der Waals surface area contributed by atoms with Gasteiger partial charge in [-0.1, -0.05) is 19.8 Å². The van der Waals surface area contributed by atoms with Crippen LogP contribution in [0.5, 0.6) is 0 Å². The van der Waals surface area contributed by atoms with Crippen LogP contribution in [0.1, 0.15) is 53.4 Å². The van der Waals surface area contributed by atoms with E-state index in [1.54, 1.807) is 0 Å². The summed E-state index contributed by atoms with van der Waals surface area (Å²) in [6.07, 6.45) is 4.72. The summed E-state index contributed by atoms with van der Waals surface area (Å²) in [7, 11) is 0. The van der Waals surface area contributed by atoms with Crippen LogP contribution in [0.3, 0.4) is 0 Å². The third-order valence-corrected chi connectivity index (χ3v) is 3.33. The Hall–Kier alpha value is -0.770. The summed E-state index contributed by atoms with van der Waals surface area (Å²) in [6.45, 7) is 11.7. The second kappa shape index (κ2) is 7.73. The molecule has 1 saturated heterocycles. The number of unbranched alkanes of at least 4 members (excludes halogenated alkanes) is 2. The fourth-order valence-electron chi connectivity index (χ4n) is 2.30. The van der Waals surface area contributed by atoms with E-state index in [4.69, 9.17) is 4.74 Å². The molecule has 0 bridgehead atoms. The number of rotatable bonds is 6. The number of amides is 1. The van der Waals surface area contributed by atoms with Gasteiger partial charge >= 0.3 is 6.09 Å². The lowest BCUT2D eigenvalue weighted by Gasteiger charge is -2.24. The molecule has 4 heteroatoms. The van der Waals surface area contributed by atoms with Gasteiger partial charge in [0.25, 0.3) is 0 Å². The van der Waals surface area contributed by atoms with Gasteiger partial charge in [0.1, 0.15) is 5.60 Å². The van der Waals surface area contributed by atoms with Crippen LogP contribution in [-0.2, 0) is 4.74 Å². The van der Waals surface area contributed by atoms with E-state index < -0.39 is 5.60 Å². The van der Waals surface area contributed by atoms with Crippen molar-refractivity contribution in [1.29, 1.82) is 0 Å². The molecule has 0 aromatic carbocycles. The Morgan fingerprint density at radius 3 is 2.74 bits per heavy atom. The zero-order valence-electron chi connectivity index (χ0n) is 13.0. The number of nitrogens with zero attached hydrogens (tertiary/aromatic N) is 1. The third kappa shape index (κ3) is 6.81. The lowest BCUT2D eigenvalue weighted by Crippen LogP contribution is -2.36. The summed E-state index contributed by atoms with van der Waals surface area (Å²) in [5, 5.41) is 3.49. The molecule has 1 rings (SSSR count). The lowest BCUT2D eigenvalue weighted by atomic mass is 10.1. The zero-order chi connectivity index (χ0) is 14.3. The molecule has 1 aliphatic heterocycles. The molecule has 0 aromatic heterocycles. The largest absolute Gasteiger partial charge is 0.444 e. The van der Waals surface area contributed by atoms with E-state index in [9.17, 15) is 4.79 Å². The Morgan fingerprint density at radius 1 is 1.37 bits per heavy atom. The lowest BCUT2D eigenvalue weighted by molar-refractivity contribution is 0.0288. The maximum atomic E-state index is 11.9. The first kappa shape index (κ1) is 16.3. The highest BCUT2D eigenvalue weighted by molar-refractivity contribution is 5.68. The Labute approximate surface area is 117 Å². The SMILES string of the molecule is CCCCCNCC1CCN(C(=O)OC(C)(C)C)C1. The van der Waals surface area contributed by atoms with Crippen LogP contribution in [-0.4, -0.2) is 42.8 Å². The van der Waals surface area contributed by atoms with Gasteiger partial charge in [-0.25, -0.2) is 4.79 Å². The molecule has 0 aliphatic carbocycles. The summed E-state index contributed by atoms with van der Waals surface area (Å²) in [5.41, 5.74) is -0.395. The van der Waals surface area contributed by atoms with E-state index in [2.05, 4.69) is 12.2 Å². The molecule has 0 saturated carbocycles. The van der Waals surface area contributed by atoms with Crippen molar-refractivity contribution in [2.24, 2.45) is 5.92 Å². The summed E-state index contributed by atoms with van der Waals surface area (Å²) in [5.74, 6) is 0.578. The fraction of sp³-hybridized carbons (Fsp3) is 0.933. The fourth-order valence-corrected chi connectivity index (χ4v) is 2.30. The van der Waals surface area contributed by atoms with Crippen molar-refractivity contribution in [3.05, 3.63) is 0 Å². The molecule has 0 spiro atoms. The number of hydrogen-bond acceptors (Lipinski definition) is 3. The van der Waals surface area contributed by atoms with E-state index in [-0.39, 0.29) is 6.09 Å². The molecule has 1 atom stereocenters. The van der Waals surface area contributed by atoms with Crippen LogP contribution in [0, 0.1) is 5.92 Å². The highest BCUT2D eigenvalue weighted by Gasteiger charge is 2.29. The van der Waals surface area contributed by atoms with Crippen LogP contribution < -0.4 is 5.32 Å². The maximum Gasteiger partial charge on any atom is 0.410 e. The predicted molar refractivity (Wildman–Crippen MR) is 78.3 cm³/mol. The Kier molecular flexibility index (Phi) is 6.63. The number of hydrogen-bond donors (Lipinski definition) is 1. The summed E-state index contributed by atoms with van der Waals surface area (Å²) in [6, 6.07) is 0. The van der Waals surface area contributed by atoms with Gasteiger partial charge in [0.15, 0.2) is 0 Å². The number of carbonyl (C=O) groups is 1. The number of nitrogens with one attached hydrogen (secondary N) is 1. The van der Waals surface area contributed by atoms with Crippen LogP contribution in [0.25, 0.3) is 0 Å². The molecule has 1 amide bonds. The molecule has 0 aromatic rings. The van der Waals surface area contributed by atoms with Gasteiger partial charge in [0.2, 0.25) is 0 Å². The Balaban J connectivity index is 2.17. The van der Waals surface area contributed by atoms with Crippen LogP contribution in [0.4, 0.5) is 4.79 Å². The van der Waals surface area contributed by atoms with Crippen molar-refractivity contribution >= 4 is 6.09 Å². The molecule has 1 N–H and O–H groups in total. The van der Waals surface area contributed by atoms with Crippen molar-refractivity contribution < 1.29 is 9.53 Å². The average Bonchev–Trinajstić information content (AvgIpc) is 2.75. The van der Waals surface area contributed by atoms with Crippen LogP contribution in [0.15, 0.2) is 0 Å². The van der Waals surface area contributed by atoms with Crippen molar-refractivity contribution in [2.45, 2.75) is 59.0 Å². The van der Waals surface area contributed by atoms with Crippen molar-refractivity contribution in [3.8, 4) is 0 Å². The molecule has 1 fully saturated rings. The quantitative estimate of drug-likeness (QED) is 0.754. The number of carbonyl (C=O) groups excluding carboxylic acids is 1. The number of ether oxygens (including phenoxy) is 1. The monoisotopic (exact) mass is 270 g/mol. The maximum absolute atomic E-state index is 11.9. The van der Waals surface area contributed by atoms with E-state index in [1.807, 2.05) is 25.7 Å². The van der Waals surface area contributed by atoms with Gasteiger partial charge in [0.05, 0.1) is 0 Å². The second-order valence-corrected chi connectivity index (χ2v) is 6.49. The molecular formula is C15H30N2O2. The van der Waals surface area contributed by atoms with E-state index >= 15 is 0 Å². The minimum atomic E-state index is -0.395. The third-order valence-electron chi connectivity index (χ3n) is 3.33. The summed E-state index contributed by atoms with van der Waals surface area (Å²) in [4.78, 5) is 13.7. The first-order valence-corrected chi connectivity index (χ1v) is 7.61. The van der Waals surface area contributed by atoms with E-state index in [1.165, 1.54) is 19.3 Å². The van der Waals surface area contributed by atoms with Gasteiger partial charge in [-0.3, -0.25) is 0 Å². The summed E-state index contributed by atoms with van der Waals surface area (Å²) < 4.78 is 5.39. The Bertz CT molecular complexity index is 274. The van der Waals surface area contributed by atoms with Crippen molar-refractivity contribution in [2.75, 3.05) is 26.2 Å². The molecule has 112 valence electrons. The smallest absolute Gasteiger partial charge is 0.410 e. The van der Waals surface area contributed by atoms with Crippen LogP contribution in [0.2, 0.25) is 0 Å². The second-order valence-electron chi connectivity index (χ2n) is 6.49. The highest BCUT2D eigenvalue weighted by Crippen LogP contribution is 2.18. The molecule has 1 aliphatic rings. The van der Waals surface area contributed by atoms with Gasteiger partial charge in [-0.15, -0.1) is 0 Å².